The van der Waals surface area contributed by atoms with Gasteiger partial charge in [0.1, 0.15) is 0 Å². The lowest BCUT2D eigenvalue weighted by Crippen LogP contribution is -2.34. The van der Waals surface area contributed by atoms with Crippen molar-refractivity contribution >= 4 is 0 Å². The maximum absolute atomic E-state index is 5.40. The van der Waals surface area contributed by atoms with E-state index in [-0.39, 0.29) is 0 Å². The van der Waals surface area contributed by atoms with Crippen molar-refractivity contribution in [2.24, 2.45) is 0 Å². The maximum Gasteiger partial charge on any atom is 0.0977 e. The number of allylic oxidation sites excluding steroid dienone is 2. The number of H-pyrrole nitrogens is 1. The molecule has 1 atom stereocenters. The highest BCUT2D eigenvalue weighted by molar-refractivity contribution is 5.44. The molecule has 0 bridgehead atoms. The average Bonchev–Trinajstić information content (AvgIpc) is 2.80. The Morgan fingerprint density at radius 1 is 1.42 bits per heavy atom. The number of aromatic nitrogens is 1. The van der Waals surface area contributed by atoms with Crippen LogP contribution in [0.5, 0.6) is 0 Å². The molecule has 0 fully saturated rings. The molecule has 0 aromatic carbocycles. The molecule has 1 aromatic rings. The van der Waals surface area contributed by atoms with Crippen molar-refractivity contribution < 1.29 is 4.74 Å². The van der Waals surface area contributed by atoms with Crippen molar-refractivity contribution in [3.05, 3.63) is 34.3 Å². The Balaban J connectivity index is 1.90. The lowest BCUT2D eigenvalue weighted by Gasteiger charge is -2.33. The Bertz CT molecular complexity index is 501. The Hall–Kier alpha value is -1.22. The summed E-state index contributed by atoms with van der Waals surface area (Å²) in [6.45, 7) is 7.00. The second-order valence-corrected chi connectivity index (χ2v) is 5.69. The van der Waals surface area contributed by atoms with Crippen LogP contribution in [-0.4, -0.2) is 30.1 Å². The SMILES string of the molecule is CCCN1CCc2c([nH]c3c2CC=C(OC)C3)[C@H]1C. The van der Waals surface area contributed by atoms with Gasteiger partial charge in [-0.15, -0.1) is 0 Å². The number of hydrogen-bond donors (Lipinski definition) is 1. The van der Waals surface area contributed by atoms with Crippen LogP contribution in [0, 0.1) is 0 Å². The number of aromatic amines is 1. The van der Waals surface area contributed by atoms with Gasteiger partial charge in [0.2, 0.25) is 0 Å². The van der Waals surface area contributed by atoms with Gasteiger partial charge in [-0.25, -0.2) is 0 Å². The van der Waals surface area contributed by atoms with Crippen molar-refractivity contribution in [1.29, 1.82) is 0 Å². The first-order valence-electron chi connectivity index (χ1n) is 7.44. The summed E-state index contributed by atoms with van der Waals surface area (Å²) in [6, 6.07) is 0.528. The fourth-order valence-electron chi connectivity index (χ4n) is 3.54. The number of ether oxygens (including phenoxy) is 1. The number of fused-ring (bicyclic) bond motifs is 3. The smallest absolute Gasteiger partial charge is 0.0977 e. The molecule has 1 aromatic heterocycles. The van der Waals surface area contributed by atoms with Gasteiger partial charge in [-0.1, -0.05) is 6.92 Å². The van der Waals surface area contributed by atoms with E-state index in [0.29, 0.717) is 6.04 Å². The molecule has 0 unspecified atom stereocenters. The van der Waals surface area contributed by atoms with Crippen molar-refractivity contribution in [2.75, 3.05) is 20.2 Å². The van der Waals surface area contributed by atoms with E-state index in [1.807, 2.05) is 0 Å². The van der Waals surface area contributed by atoms with Gasteiger partial charge in [0.05, 0.1) is 12.9 Å². The van der Waals surface area contributed by atoms with Crippen molar-refractivity contribution in [3.63, 3.8) is 0 Å². The van der Waals surface area contributed by atoms with Crippen LogP contribution < -0.4 is 0 Å². The first-order chi connectivity index (χ1) is 9.24. The number of methoxy groups -OCH3 is 1. The molecule has 1 N–H and O–H groups in total. The molecule has 104 valence electrons. The summed E-state index contributed by atoms with van der Waals surface area (Å²) < 4.78 is 5.40. The van der Waals surface area contributed by atoms with Gasteiger partial charge >= 0.3 is 0 Å². The summed E-state index contributed by atoms with van der Waals surface area (Å²) in [5.74, 6) is 1.10. The van der Waals surface area contributed by atoms with Gasteiger partial charge in [0, 0.05) is 30.4 Å². The lowest BCUT2D eigenvalue weighted by molar-refractivity contribution is 0.195. The Labute approximate surface area is 115 Å². The van der Waals surface area contributed by atoms with E-state index >= 15 is 0 Å². The summed E-state index contributed by atoms with van der Waals surface area (Å²) in [5, 5.41) is 0. The summed E-state index contributed by atoms with van der Waals surface area (Å²) in [7, 11) is 1.77. The molecule has 1 aliphatic heterocycles. The maximum atomic E-state index is 5.40. The summed E-state index contributed by atoms with van der Waals surface area (Å²) in [6.07, 6.45) is 6.63. The third kappa shape index (κ3) is 2.10. The van der Waals surface area contributed by atoms with Crippen molar-refractivity contribution in [3.8, 4) is 0 Å². The molecule has 0 amide bonds. The van der Waals surface area contributed by atoms with Crippen LogP contribution in [0.25, 0.3) is 0 Å². The van der Waals surface area contributed by atoms with E-state index < -0.39 is 0 Å². The van der Waals surface area contributed by atoms with Gasteiger partial charge in [0.15, 0.2) is 0 Å². The van der Waals surface area contributed by atoms with E-state index in [0.717, 1.165) is 18.6 Å². The van der Waals surface area contributed by atoms with E-state index in [4.69, 9.17) is 4.74 Å². The molecule has 0 radical (unpaired) electrons. The molecule has 3 nitrogen and oxygen atoms in total. The topological polar surface area (TPSA) is 28.3 Å². The monoisotopic (exact) mass is 260 g/mol. The fraction of sp³-hybridized carbons (Fsp3) is 0.625. The predicted molar refractivity (Wildman–Crippen MR) is 77.3 cm³/mol. The average molecular weight is 260 g/mol. The molecule has 19 heavy (non-hydrogen) atoms. The lowest BCUT2D eigenvalue weighted by atomic mass is 9.92. The quantitative estimate of drug-likeness (QED) is 0.905. The highest BCUT2D eigenvalue weighted by Crippen LogP contribution is 2.35. The van der Waals surface area contributed by atoms with Gasteiger partial charge in [-0.05, 0) is 49.9 Å². The van der Waals surface area contributed by atoms with Crippen molar-refractivity contribution in [2.45, 2.75) is 45.6 Å². The molecule has 0 saturated carbocycles. The summed E-state index contributed by atoms with van der Waals surface area (Å²) >= 11 is 0. The normalized spacial score (nSPS) is 22.7. The van der Waals surface area contributed by atoms with Crippen LogP contribution in [0.3, 0.4) is 0 Å². The van der Waals surface area contributed by atoms with Gasteiger partial charge in [-0.2, -0.15) is 0 Å². The van der Waals surface area contributed by atoms with Gasteiger partial charge in [0.25, 0.3) is 0 Å². The molecule has 3 rings (SSSR count). The van der Waals surface area contributed by atoms with Gasteiger partial charge < -0.3 is 9.72 Å². The second-order valence-electron chi connectivity index (χ2n) is 5.69. The predicted octanol–water partition coefficient (Wildman–Crippen LogP) is 2.97. The molecule has 1 aliphatic carbocycles. The number of nitrogens with one attached hydrogen (secondary N) is 1. The molecule has 2 heterocycles. The minimum atomic E-state index is 0.528. The van der Waals surface area contributed by atoms with E-state index in [1.165, 1.54) is 37.3 Å². The highest BCUT2D eigenvalue weighted by Gasteiger charge is 2.29. The molecule has 3 heteroatoms. The Kier molecular flexibility index (Phi) is 3.40. The van der Waals surface area contributed by atoms with E-state index in [9.17, 15) is 0 Å². The van der Waals surface area contributed by atoms with Crippen LogP contribution in [0.15, 0.2) is 11.8 Å². The summed E-state index contributed by atoms with van der Waals surface area (Å²) in [5.41, 5.74) is 5.96. The van der Waals surface area contributed by atoms with E-state index in [2.05, 4.69) is 29.8 Å². The minimum absolute atomic E-state index is 0.528. The molecule has 2 aliphatic rings. The first kappa shape index (κ1) is 12.8. The summed E-state index contributed by atoms with van der Waals surface area (Å²) in [4.78, 5) is 6.29. The zero-order valence-corrected chi connectivity index (χ0v) is 12.3. The number of rotatable bonds is 3. The third-order valence-electron chi connectivity index (χ3n) is 4.61. The standard InChI is InChI=1S/C16H24N2O/c1-4-8-18-9-7-14-13-6-5-12(19-3)10-15(13)17-16(14)11(18)2/h5,11,17H,4,6-10H2,1-3H3/t11-/m1/s1. The Morgan fingerprint density at radius 2 is 2.26 bits per heavy atom. The van der Waals surface area contributed by atoms with Gasteiger partial charge in [-0.3, -0.25) is 4.90 Å². The molecular weight excluding hydrogens is 236 g/mol. The molecule has 0 spiro atoms. The van der Waals surface area contributed by atoms with Crippen molar-refractivity contribution in [1.82, 2.24) is 9.88 Å². The fourth-order valence-corrected chi connectivity index (χ4v) is 3.54. The third-order valence-corrected chi connectivity index (χ3v) is 4.61. The minimum Gasteiger partial charge on any atom is -0.501 e. The number of nitrogens with zero attached hydrogens (tertiary/aromatic N) is 1. The first-order valence-corrected chi connectivity index (χ1v) is 7.44. The Morgan fingerprint density at radius 3 is 3.00 bits per heavy atom. The largest absolute Gasteiger partial charge is 0.501 e. The van der Waals surface area contributed by atoms with Crippen LogP contribution in [-0.2, 0) is 24.0 Å². The molecular formula is C16H24N2O. The van der Waals surface area contributed by atoms with E-state index in [1.54, 1.807) is 18.2 Å². The van der Waals surface area contributed by atoms with Crippen LogP contribution >= 0.6 is 0 Å². The van der Waals surface area contributed by atoms with Crippen LogP contribution in [0.1, 0.15) is 48.8 Å². The second kappa shape index (κ2) is 5.04. The van der Waals surface area contributed by atoms with Crippen LogP contribution in [0.2, 0.25) is 0 Å². The number of hydrogen-bond acceptors (Lipinski definition) is 2. The zero-order chi connectivity index (χ0) is 13.4. The zero-order valence-electron chi connectivity index (χ0n) is 12.3. The highest BCUT2D eigenvalue weighted by atomic mass is 16.5. The molecule has 0 saturated heterocycles. The van der Waals surface area contributed by atoms with Crippen LogP contribution in [0.4, 0.5) is 0 Å².